The van der Waals surface area contributed by atoms with Gasteiger partial charge in [0, 0.05) is 50.0 Å². The van der Waals surface area contributed by atoms with Crippen molar-refractivity contribution in [1.82, 2.24) is 0 Å². The van der Waals surface area contributed by atoms with Crippen molar-refractivity contribution in [2.45, 2.75) is 115 Å². The van der Waals surface area contributed by atoms with Crippen LogP contribution in [0.25, 0.3) is 0 Å². The molecule has 2 N–H and O–H groups in total. The highest BCUT2D eigenvalue weighted by molar-refractivity contribution is 7.98. The predicted octanol–water partition coefficient (Wildman–Crippen LogP) is 6.63. The molecule has 3 aromatic rings. The molecule has 1 aliphatic heterocycles. The Kier molecular flexibility index (Phi) is 13.8. The maximum atomic E-state index is 16.0. The van der Waals surface area contributed by atoms with Crippen molar-refractivity contribution in [1.29, 1.82) is 0 Å². The lowest BCUT2D eigenvalue weighted by Crippen LogP contribution is -2.82. The Hall–Kier alpha value is -4.99. The molecule has 7 rings (SSSR count). The molecule has 0 radical (unpaired) electrons. The van der Waals surface area contributed by atoms with E-state index in [1.54, 1.807) is 119 Å². The first-order valence-electron chi connectivity index (χ1n) is 22.0. The molecule has 0 amide bonds. The van der Waals surface area contributed by atoms with Crippen molar-refractivity contribution in [2.24, 2.45) is 22.7 Å². The minimum absolute atomic E-state index is 0.0724. The number of carbonyl (C=O) groups is 6. The summed E-state index contributed by atoms with van der Waals surface area (Å²) in [6.45, 7) is 8.86. The second kappa shape index (κ2) is 18.7. The van der Waals surface area contributed by atoms with Crippen molar-refractivity contribution >= 4 is 47.0 Å². The lowest BCUT2D eigenvalue weighted by Gasteiger charge is -2.68. The van der Waals surface area contributed by atoms with Gasteiger partial charge in [0.25, 0.3) is 0 Å². The lowest BCUT2D eigenvalue weighted by atomic mass is 9.44. The van der Waals surface area contributed by atoms with Crippen LogP contribution in [0.15, 0.2) is 102 Å². The van der Waals surface area contributed by atoms with E-state index >= 15 is 4.79 Å². The molecular formula is C51H58O13S. The summed E-state index contributed by atoms with van der Waals surface area (Å²) in [7, 11) is 0. The zero-order valence-corrected chi connectivity index (χ0v) is 38.6. The van der Waals surface area contributed by atoms with E-state index in [0.29, 0.717) is 16.7 Å². The van der Waals surface area contributed by atoms with Gasteiger partial charge in [-0.05, 0) is 55.7 Å². The Balaban J connectivity index is 1.41. The quantitative estimate of drug-likeness (QED) is 0.0544. The zero-order valence-electron chi connectivity index (χ0n) is 37.8. The number of thioether (sulfide) groups is 1. The molecule has 0 aromatic heterocycles. The summed E-state index contributed by atoms with van der Waals surface area (Å²) in [5.74, 6) is -7.02. The van der Waals surface area contributed by atoms with E-state index in [2.05, 4.69) is 0 Å². The van der Waals surface area contributed by atoms with Gasteiger partial charge in [-0.15, -0.1) is 11.8 Å². The third-order valence-corrected chi connectivity index (χ3v) is 15.0. The van der Waals surface area contributed by atoms with E-state index in [1.807, 2.05) is 6.26 Å². The van der Waals surface area contributed by atoms with Crippen LogP contribution in [0.5, 0.6) is 0 Å². The van der Waals surface area contributed by atoms with Crippen LogP contribution in [-0.2, 0) is 42.9 Å². The molecule has 2 saturated carbocycles. The first-order chi connectivity index (χ1) is 30.8. The van der Waals surface area contributed by atoms with E-state index in [4.69, 9.17) is 23.7 Å². The van der Waals surface area contributed by atoms with Crippen LogP contribution >= 0.6 is 11.8 Å². The number of carbonyl (C=O) groups excluding carboxylic acids is 6. The molecule has 11 atom stereocenters. The largest absolute Gasteiger partial charge is 0.455 e. The Morgan fingerprint density at radius 3 is 2.02 bits per heavy atom. The fraction of sp³-hybridized carbons (Fsp3) is 0.490. The van der Waals surface area contributed by atoms with Gasteiger partial charge in [0.2, 0.25) is 0 Å². The Morgan fingerprint density at radius 1 is 0.862 bits per heavy atom. The fourth-order valence-corrected chi connectivity index (χ4v) is 11.6. The molecular weight excluding hydrogens is 853 g/mol. The van der Waals surface area contributed by atoms with Crippen LogP contribution < -0.4 is 0 Å². The summed E-state index contributed by atoms with van der Waals surface area (Å²) in [6.07, 6.45) is -5.78. The summed E-state index contributed by atoms with van der Waals surface area (Å²) in [5.41, 5.74) is -5.38. The zero-order chi connectivity index (χ0) is 47.1. The van der Waals surface area contributed by atoms with E-state index < -0.39 is 99.8 Å². The molecule has 13 nitrogen and oxygen atoms in total. The smallest absolute Gasteiger partial charge is 0.338 e. The second-order valence-corrected chi connectivity index (χ2v) is 19.4. The highest BCUT2D eigenvalue weighted by atomic mass is 32.2. The predicted molar refractivity (Wildman–Crippen MR) is 240 cm³/mol. The Morgan fingerprint density at radius 2 is 1.46 bits per heavy atom. The molecule has 65 heavy (non-hydrogen) atoms. The van der Waals surface area contributed by atoms with Crippen LogP contribution in [0.3, 0.4) is 0 Å². The first-order valence-corrected chi connectivity index (χ1v) is 23.4. The highest BCUT2D eigenvalue weighted by Crippen LogP contribution is 2.65. The molecule has 346 valence electrons. The van der Waals surface area contributed by atoms with Gasteiger partial charge < -0.3 is 33.9 Å². The summed E-state index contributed by atoms with van der Waals surface area (Å²) < 4.78 is 31.5. The van der Waals surface area contributed by atoms with Gasteiger partial charge in [-0.1, -0.05) is 98.3 Å². The van der Waals surface area contributed by atoms with Gasteiger partial charge in [-0.2, -0.15) is 0 Å². The molecule has 3 aliphatic carbocycles. The number of fused-ring (bicyclic) bond motifs is 5. The van der Waals surface area contributed by atoms with Crippen molar-refractivity contribution in [3.8, 4) is 0 Å². The number of benzene rings is 3. The molecule has 14 heteroatoms. The molecule has 2 bridgehead atoms. The van der Waals surface area contributed by atoms with Gasteiger partial charge >= 0.3 is 17.9 Å². The standard InChI is InChI=1S/C51H58O13S/c1-29-35(23-38(55)42(56)36(32-17-11-8-12-18-32)24-37(54)33-19-13-9-14-20-33)26-51(59)46(63-47(58)34-21-15-10-16-22-34)44-49(6,45(57)43(62-30(2)52)41(29)48(51,4)5)39(61-28-65-7)25-40-50(44,27-60-40)64-31(3)53/h8-22,35-36,39-40,42-44,46,56,59H,23-28H2,1-7H3/t35-,36-,39-,40+,42+,43+,44-,46-,49+,50-,51+/m0/s1. The van der Waals surface area contributed by atoms with E-state index in [1.165, 1.54) is 25.6 Å². The number of hydrogen-bond acceptors (Lipinski definition) is 14. The number of Topliss-reactive ketones (excluding diaryl/α,β-unsaturated/α-hetero) is 3. The highest BCUT2D eigenvalue weighted by Gasteiger charge is 2.78. The molecule has 4 aliphatic rings. The van der Waals surface area contributed by atoms with E-state index in [0.717, 1.165) is 0 Å². The average molecular weight is 911 g/mol. The van der Waals surface area contributed by atoms with Crippen LogP contribution in [-0.4, -0.2) is 106 Å². The molecule has 0 spiro atoms. The van der Waals surface area contributed by atoms with Gasteiger partial charge in [0.1, 0.15) is 23.9 Å². The summed E-state index contributed by atoms with van der Waals surface area (Å²) in [6, 6.07) is 25.5. The summed E-state index contributed by atoms with van der Waals surface area (Å²) in [5, 5.41) is 26.0. The van der Waals surface area contributed by atoms with Crippen LogP contribution in [0.1, 0.15) is 99.4 Å². The minimum Gasteiger partial charge on any atom is -0.455 e. The summed E-state index contributed by atoms with van der Waals surface area (Å²) >= 11 is 1.36. The summed E-state index contributed by atoms with van der Waals surface area (Å²) in [4.78, 5) is 85.2. The molecule has 3 fully saturated rings. The Labute approximate surface area is 383 Å². The number of allylic oxidation sites excluding steroid dienone is 1. The molecule has 0 unspecified atom stereocenters. The Bertz CT molecular complexity index is 2330. The third kappa shape index (κ3) is 8.52. The van der Waals surface area contributed by atoms with Gasteiger partial charge in [-0.3, -0.25) is 24.0 Å². The molecule has 3 aromatic carbocycles. The van der Waals surface area contributed by atoms with Gasteiger partial charge in [0.05, 0.1) is 35.5 Å². The maximum Gasteiger partial charge on any atom is 0.338 e. The third-order valence-electron chi connectivity index (χ3n) is 14.6. The van der Waals surface area contributed by atoms with Crippen LogP contribution in [0.4, 0.5) is 0 Å². The number of ether oxygens (including phenoxy) is 5. The minimum atomic E-state index is -2.20. The van der Waals surface area contributed by atoms with Gasteiger partial charge in [0.15, 0.2) is 29.1 Å². The number of aliphatic hydroxyl groups excluding tert-OH is 1. The molecule has 1 heterocycles. The van der Waals surface area contributed by atoms with Crippen molar-refractivity contribution in [2.75, 3.05) is 18.8 Å². The topological polar surface area (TPSA) is 189 Å². The maximum absolute atomic E-state index is 16.0. The lowest BCUT2D eigenvalue weighted by molar-refractivity contribution is -0.347. The van der Waals surface area contributed by atoms with Crippen LogP contribution in [0.2, 0.25) is 0 Å². The van der Waals surface area contributed by atoms with Crippen LogP contribution in [0, 0.1) is 22.7 Å². The number of ketones is 3. The van der Waals surface area contributed by atoms with Gasteiger partial charge in [-0.25, -0.2) is 4.79 Å². The number of aliphatic hydroxyl groups is 2. The van der Waals surface area contributed by atoms with E-state index in [9.17, 15) is 34.2 Å². The number of esters is 3. The van der Waals surface area contributed by atoms with Crippen molar-refractivity contribution < 1.29 is 62.7 Å². The van der Waals surface area contributed by atoms with Crippen molar-refractivity contribution in [3.63, 3.8) is 0 Å². The fourth-order valence-electron chi connectivity index (χ4n) is 11.3. The van der Waals surface area contributed by atoms with Crippen molar-refractivity contribution in [3.05, 3.63) is 119 Å². The molecule has 1 saturated heterocycles. The number of hydrogen-bond donors (Lipinski definition) is 2. The number of rotatable bonds is 15. The normalized spacial score (nSPS) is 31.1. The SMILES string of the molecule is CSCO[C@H]1C[C@H]2OC[C@@]2(OC(C)=O)[C@H]2[C@H](OC(=O)c3ccccc3)[C@]3(O)C[C@H](CC(=O)[C@H](O)[C@@H](CC(=O)c4ccccc4)c4ccccc4)C(C)=C([C@@H](OC(C)=O)C(=O)[C@]12C)C3(C)C. The average Bonchev–Trinajstić information content (AvgIpc) is 3.27. The first kappa shape index (κ1) is 48.0. The monoisotopic (exact) mass is 910 g/mol. The van der Waals surface area contributed by atoms with E-state index in [-0.39, 0.29) is 55.1 Å². The second-order valence-electron chi connectivity index (χ2n) is 18.6.